The van der Waals surface area contributed by atoms with Crippen molar-refractivity contribution < 1.29 is 4.79 Å². The predicted octanol–water partition coefficient (Wildman–Crippen LogP) is 1.50. The van der Waals surface area contributed by atoms with Crippen molar-refractivity contribution in [1.82, 2.24) is 14.8 Å². The van der Waals surface area contributed by atoms with Crippen LogP contribution >= 0.6 is 0 Å². The zero-order chi connectivity index (χ0) is 13.4. The molecule has 1 saturated heterocycles. The lowest BCUT2D eigenvalue weighted by Crippen LogP contribution is -2.36. The summed E-state index contributed by atoms with van der Waals surface area (Å²) in [5.74, 6) is 0.209. The van der Waals surface area contributed by atoms with Crippen molar-refractivity contribution >= 4 is 16.8 Å². The Morgan fingerprint density at radius 1 is 1.32 bits per heavy atom. The molecule has 4 heteroatoms. The maximum absolute atomic E-state index is 11.9. The normalized spacial score (nSPS) is 19.6. The van der Waals surface area contributed by atoms with Crippen LogP contribution in [0.3, 0.4) is 0 Å². The topological polar surface area (TPSA) is 37.3 Å². The molecule has 1 aromatic heterocycles. The van der Waals surface area contributed by atoms with Crippen molar-refractivity contribution in [2.45, 2.75) is 19.0 Å². The molecular weight excluding hydrogens is 238 g/mol. The van der Waals surface area contributed by atoms with Crippen LogP contribution in [0.15, 0.2) is 30.5 Å². The van der Waals surface area contributed by atoms with Gasteiger partial charge in [-0.25, -0.2) is 0 Å². The number of nitrogens with zero attached hydrogens (tertiary/aromatic N) is 2. The van der Waals surface area contributed by atoms with Gasteiger partial charge < -0.3 is 14.8 Å². The first-order chi connectivity index (χ1) is 9.16. The van der Waals surface area contributed by atoms with Gasteiger partial charge in [-0.2, -0.15) is 0 Å². The Balaban J connectivity index is 1.77. The van der Waals surface area contributed by atoms with Crippen LogP contribution in [0.5, 0.6) is 0 Å². The highest BCUT2D eigenvalue weighted by atomic mass is 16.2. The molecule has 3 rings (SSSR count). The highest BCUT2D eigenvalue weighted by Gasteiger charge is 2.28. The molecule has 1 fully saturated rings. The van der Waals surface area contributed by atoms with E-state index in [1.54, 1.807) is 4.90 Å². The van der Waals surface area contributed by atoms with Crippen molar-refractivity contribution in [3.8, 4) is 0 Å². The fourth-order valence-corrected chi connectivity index (χ4v) is 2.81. The second kappa shape index (κ2) is 4.70. The van der Waals surface area contributed by atoms with Gasteiger partial charge in [-0.1, -0.05) is 18.2 Å². The maximum atomic E-state index is 11.9. The molecule has 100 valence electrons. The van der Waals surface area contributed by atoms with Gasteiger partial charge in [-0.3, -0.25) is 4.79 Å². The minimum absolute atomic E-state index is 0.0241. The van der Waals surface area contributed by atoms with Crippen LogP contribution < -0.4 is 5.32 Å². The smallest absolute Gasteiger partial charge is 0.239 e. The number of likely N-dealkylation sites (N-methyl/N-ethyl adjacent to an activating group) is 1. The van der Waals surface area contributed by atoms with Crippen LogP contribution in [0.2, 0.25) is 0 Å². The van der Waals surface area contributed by atoms with Crippen LogP contribution in [-0.2, 0) is 18.4 Å². The summed E-state index contributed by atoms with van der Waals surface area (Å²) in [7, 11) is 3.92. The van der Waals surface area contributed by atoms with Gasteiger partial charge in [-0.15, -0.1) is 0 Å². The summed E-state index contributed by atoms with van der Waals surface area (Å²) in [5.41, 5.74) is 2.48. The fraction of sp³-hybridized carbons (Fsp3) is 0.400. The molecule has 1 N–H and O–H groups in total. The van der Waals surface area contributed by atoms with Crippen molar-refractivity contribution in [3.05, 3.63) is 36.0 Å². The van der Waals surface area contributed by atoms with E-state index >= 15 is 0 Å². The summed E-state index contributed by atoms with van der Waals surface area (Å²) in [5, 5.41) is 4.64. The number of amides is 1. The maximum Gasteiger partial charge on any atom is 0.239 e. The van der Waals surface area contributed by atoms with Crippen molar-refractivity contribution in [3.63, 3.8) is 0 Å². The molecule has 2 heterocycles. The minimum Gasteiger partial charge on any atom is -0.350 e. The Kier molecular flexibility index (Phi) is 3.03. The lowest BCUT2D eigenvalue weighted by molar-refractivity contribution is -0.128. The van der Waals surface area contributed by atoms with Gasteiger partial charge in [0, 0.05) is 44.3 Å². The third-order valence-electron chi connectivity index (χ3n) is 3.95. The molecule has 0 spiro atoms. The van der Waals surface area contributed by atoms with Gasteiger partial charge in [0.15, 0.2) is 0 Å². The van der Waals surface area contributed by atoms with Crippen LogP contribution in [0.1, 0.15) is 12.0 Å². The lowest BCUT2D eigenvalue weighted by Gasteiger charge is -2.11. The van der Waals surface area contributed by atoms with Crippen molar-refractivity contribution in [2.24, 2.45) is 7.05 Å². The Labute approximate surface area is 113 Å². The molecular formula is C15H19N3O. The average Bonchev–Trinajstić information content (AvgIpc) is 2.91. The van der Waals surface area contributed by atoms with E-state index in [1.807, 2.05) is 7.05 Å². The molecule has 1 amide bonds. The Bertz CT molecular complexity index is 617. The number of fused-ring (bicyclic) bond motifs is 1. The molecule has 4 nitrogen and oxygen atoms in total. The van der Waals surface area contributed by atoms with Gasteiger partial charge in [0.25, 0.3) is 0 Å². The van der Waals surface area contributed by atoms with E-state index in [0.29, 0.717) is 0 Å². The van der Waals surface area contributed by atoms with E-state index in [-0.39, 0.29) is 11.9 Å². The number of carbonyl (C=O) groups is 1. The molecule has 0 aliphatic carbocycles. The predicted molar refractivity (Wildman–Crippen MR) is 75.8 cm³/mol. The van der Waals surface area contributed by atoms with Gasteiger partial charge >= 0.3 is 0 Å². The zero-order valence-corrected chi connectivity index (χ0v) is 11.4. The standard InChI is InChI=1S/C15H19N3O/c1-17-8-7-13(15(17)19)16-9-11-10-18(2)14-6-4-3-5-12(11)14/h3-6,10,13,16H,7-9H2,1-2H3. The summed E-state index contributed by atoms with van der Waals surface area (Å²) in [6, 6.07) is 8.33. The molecule has 19 heavy (non-hydrogen) atoms. The fourth-order valence-electron chi connectivity index (χ4n) is 2.81. The van der Waals surface area contributed by atoms with Gasteiger partial charge in [0.05, 0.1) is 6.04 Å². The van der Waals surface area contributed by atoms with Gasteiger partial charge in [0.2, 0.25) is 5.91 Å². The number of benzene rings is 1. The average molecular weight is 257 g/mol. The van der Waals surface area contributed by atoms with E-state index < -0.39 is 0 Å². The number of aromatic nitrogens is 1. The molecule has 1 aromatic carbocycles. The SMILES string of the molecule is CN1CCC(NCc2cn(C)c3ccccc23)C1=O. The largest absolute Gasteiger partial charge is 0.350 e. The second-order valence-electron chi connectivity index (χ2n) is 5.26. The number of para-hydroxylation sites is 1. The number of hydrogen-bond acceptors (Lipinski definition) is 2. The highest BCUT2D eigenvalue weighted by Crippen LogP contribution is 2.20. The molecule has 1 atom stereocenters. The Morgan fingerprint density at radius 2 is 2.11 bits per heavy atom. The molecule has 0 radical (unpaired) electrons. The van der Waals surface area contributed by atoms with Crippen molar-refractivity contribution in [1.29, 1.82) is 0 Å². The quantitative estimate of drug-likeness (QED) is 0.904. The summed E-state index contributed by atoms with van der Waals surface area (Å²) in [6.07, 6.45) is 3.04. The van der Waals surface area contributed by atoms with Gasteiger partial charge in [-0.05, 0) is 18.1 Å². The first-order valence-electron chi connectivity index (χ1n) is 6.68. The number of carbonyl (C=O) groups excluding carboxylic acids is 1. The summed E-state index contributed by atoms with van der Waals surface area (Å²) in [4.78, 5) is 13.6. The van der Waals surface area contributed by atoms with Crippen LogP contribution in [0, 0.1) is 0 Å². The summed E-state index contributed by atoms with van der Waals surface area (Å²) in [6.45, 7) is 1.59. The molecule has 0 saturated carbocycles. The van der Waals surface area contributed by atoms with Crippen LogP contribution in [0.25, 0.3) is 10.9 Å². The Morgan fingerprint density at radius 3 is 2.84 bits per heavy atom. The summed E-state index contributed by atoms with van der Waals surface area (Å²) < 4.78 is 2.13. The van der Waals surface area contributed by atoms with E-state index in [1.165, 1.54) is 16.5 Å². The van der Waals surface area contributed by atoms with E-state index in [4.69, 9.17) is 0 Å². The highest BCUT2D eigenvalue weighted by molar-refractivity contribution is 5.85. The monoisotopic (exact) mass is 257 g/mol. The van der Waals surface area contributed by atoms with E-state index in [9.17, 15) is 4.79 Å². The van der Waals surface area contributed by atoms with E-state index in [0.717, 1.165) is 19.5 Å². The third-order valence-corrected chi connectivity index (χ3v) is 3.95. The van der Waals surface area contributed by atoms with Crippen molar-refractivity contribution in [2.75, 3.05) is 13.6 Å². The second-order valence-corrected chi connectivity index (χ2v) is 5.26. The number of likely N-dealkylation sites (tertiary alicyclic amines) is 1. The first-order valence-corrected chi connectivity index (χ1v) is 6.68. The molecule has 1 aliphatic heterocycles. The third kappa shape index (κ3) is 2.12. The van der Waals surface area contributed by atoms with Crippen LogP contribution in [0.4, 0.5) is 0 Å². The minimum atomic E-state index is -0.0241. The Hall–Kier alpha value is -1.81. The van der Waals surface area contributed by atoms with Gasteiger partial charge in [0.1, 0.15) is 0 Å². The molecule has 0 bridgehead atoms. The number of hydrogen-bond donors (Lipinski definition) is 1. The lowest BCUT2D eigenvalue weighted by atomic mass is 10.1. The van der Waals surface area contributed by atoms with Crippen LogP contribution in [-0.4, -0.2) is 35.0 Å². The number of aryl methyl sites for hydroxylation is 1. The molecule has 1 unspecified atom stereocenters. The molecule has 1 aliphatic rings. The summed E-state index contributed by atoms with van der Waals surface area (Å²) >= 11 is 0. The van der Waals surface area contributed by atoms with E-state index in [2.05, 4.69) is 47.4 Å². The first kappa shape index (κ1) is 12.2. The zero-order valence-electron chi connectivity index (χ0n) is 11.4. The number of rotatable bonds is 3. The number of nitrogens with one attached hydrogen (secondary N) is 1. The molecule has 2 aromatic rings.